The van der Waals surface area contributed by atoms with E-state index in [-0.39, 0.29) is 24.0 Å². The Morgan fingerprint density at radius 3 is 2.27 bits per heavy atom. The minimum Gasteiger partial charge on any atom is -0.491 e. The highest BCUT2D eigenvalue weighted by molar-refractivity contribution is 7.92. The van der Waals surface area contributed by atoms with Crippen LogP contribution in [0.1, 0.15) is 25.0 Å². The van der Waals surface area contributed by atoms with E-state index in [9.17, 15) is 8.42 Å². The number of rotatable bonds is 8. The van der Waals surface area contributed by atoms with Crippen molar-refractivity contribution in [1.29, 1.82) is 0 Å². The first-order valence-electron chi connectivity index (χ1n) is 8.69. The van der Waals surface area contributed by atoms with E-state index >= 15 is 0 Å². The Morgan fingerprint density at radius 1 is 1.08 bits per heavy atom. The van der Waals surface area contributed by atoms with Crippen molar-refractivity contribution in [1.82, 2.24) is 0 Å². The molecular formula is C20H27NO4S. The number of sulfonamides is 1. The van der Waals surface area contributed by atoms with Crippen LogP contribution >= 0.6 is 0 Å². The highest BCUT2D eigenvalue weighted by Gasteiger charge is 2.26. The van der Waals surface area contributed by atoms with Gasteiger partial charge in [-0.3, -0.25) is 4.31 Å². The summed E-state index contributed by atoms with van der Waals surface area (Å²) in [5, 5.41) is 8.81. The van der Waals surface area contributed by atoms with Gasteiger partial charge in [-0.2, -0.15) is 0 Å². The van der Waals surface area contributed by atoms with Gasteiger partial charge < -0.3 is 9.84 Å². The zero-order chi connectivity index (χ0) is 19.3. The van der Waals surface area contributed by atoms with Gasteiger partial charge in [-0.05, 0) is 55.7 Å². The molecule has 2 aromatic rings. The molecule has 0 aliphatic rings. The third-order valence-corrected chi connectivity index (χ3v) is 5.72. The number of aryl methyl sites for hydroxylation is 2. The van der Waals surface area contributed by atoms with Gasteiger partial charge in [0.25, 0.3) is 10.0 Å². The molecule has 0 unspecified atom stereocenters. The first-order chi connectivity index (χ1) is 12.3. The maximum absolute atomic E-state index is 13.3. The van der Waals surface area contributed by atoms with Gasteiger partial charge in [0.2, 0.25) is 0 Å². The van der Waals surface area contributed by atoms with E-state index < -0.39 is 10.0 Å². The van der Waals surface area contributed by atoms with Gasteiger partial charge in [0, 0.05) is 6.54 Å². The molecule has 0 aliphatic carbocycles. The molecule has 0 fully saturated rings. The fraction of sp³-hybridized carbons (Fsp3) is 0.400. The molecule has 0 amide bonds. The summed E-state index contributed by atoms with van der Waals surface area (Å²) in [5.41, 5.74) is 2.72. The summed E-state index contributed by atoms with van der Waals surface area (Å²) in [5.74, 6) is 0.706. The molecule has 2 rings (SSSR count). The molecule has 0 radical (unpaired) electrons. The molecule has 0 bridgehead atoms. The molecule has 0 heterocycles. The number of aliphatic hydroxyl groups excluding tert-OH is 1. The predicted molar refractivity (Wildman–Crippen MR) is 104 cm³/mol. The van der Waals surface area contributed by atoms with Gasteiger partial charge in [-0.15, -0.1) is 0 Å². The Labute approximate surface area is 156 Å². The van der Waals surface area contributed by atoms with Crippen LogP contribution in [0.25, 0.3) is 0 Å². The smallest absolute Gasteiger partial charge is 0.264 e. The molecular weight excluding hydrogens is 350 g/mol. The van der Waals surface area contributed by atoms with Crippen LogP contribution < -0.4 is 9.04 Å². The quantitative estimate of drug-likeness (QED) is 0.764. The van der Waals surface area contributed by atoms with Crippen molar-refractivity contribution in [3.8, 4) is 5.75 Å². The van der Waals surface area contributed by atoms with Crippen LogP contribution in [0.2, 0.25) is 0 Å². The molecule has 26 heavy (non-hydrogen) atoms. The van der Waals surface area contributed by atoms with Gasteiger partial charge in [-0.25, -0.2) is 8.42 Å². The van der Waals surface area contributed by atoms with Crippen LogP contribution in [-0.4, -0.2) is 33.3 Å². The van der Waals surface area contributed by atoms with Crippen molar-refractivity contribution >= 4 is 15.7 Å². The normalized spacial score (nSPS) is 11.6. The van der Waals surface area contributed by atoms with Gasteiger partial charge in [-0.1, -0.05) is 31.5 Å². The van der Waals surface area contributed by atoms with E-state index in [4.69, 9.17) is 9.84 Å². The highest BCUT2D eigenvalue weighted by atomic mass is 32.2. The Kier molecular flexibility index (Phi) is 6.67. The lowest BCUT2D eigenvalue weighted by molar-refractivity contribution is 0.201. The van der Waals surface area contributed by atoms with Crippen LogP contribution in [0.15, 0.2) is 47.4 Å². The molecule has 0 saturated carbocycles. The Morgan fingerprint density at radius 2 is 1.73 bits per heavy atom. The van der Waals surface area contributed by atoms with Crippen LogP contribution in [0.4, 0.5) is 5.69 Å². The summed E-state index contributed by atoms with van der Waals surface area (Å²) in [4.78, 5) is 0.217. The van der Waals surface area contributed by atoms with E-state index in [1.165, 1.54) is 4.31 Å². The largest absolute Gasteiger partial charge is 0.491 e. The Bertz CT molecular complexity index is 829. The number of nitrogens with zero attached hydrogens (tertiary/aromatic N) is 1. The fourth-order valence-corrected chi connectivity index (χ4v) is 4.43. The fourth-order valence-electron chi connectivity index (χ4n) is 2.74. The van der Waals surface area contributed by atoms with Crippen molar-refractivity contribution in [2.45, 2.75) is 32.6 Å². The molecule has 2 aromatic carbocycles. The zero-order valence-electron chi connectivity index (χ0n) is 15.8. The zero-order valence-corrected chi connectivity index (χ0v) is 16.6. The molecule has 0 saturated heterocycles. The summed E-state index contributed by atoms with van der Waals surface area (Å²) in [7, 11) is -3.69. The molecule has 0 spiro atoms. The topological polar surface area (TPSA) is 66.8 Å². The average Bonchev–Trinajstić information content (AvgIpc) is 2.58. The van der Waals surface area contributed by atoms with E-state index in [1.54, 1.807) is 24.3 Å². The summed E-state index contributed by atoms with van der Waals surface area (Å²) in [6.07, 6.45) is 0. The van der Waals surface area contributed by atoms with E-state index in [2.05, 4.69) is 0 Å². The first-order valence-corrected chi connectivity index (χ1v) is 10.1. The summed E-state index contributed by atoms with van der Waals surface area (Å²) >= 11 is 0. The summed E-state index contributed by atoms with van der Waals surface area (Å²) in [6, 6.07) is 12.1. The second kappa shape index (κ2) is 8.56. The lowest BCUT2D eigenvalue weighted by Gasteiger charge is -2.28. The highest BCUT2D eigenvalue weighted by Crippen LogP contribution is 2.29. The standard InChI is InChI=1S/C20H27NO4S/c1-15(2)14-21(20-10-5-16(3)13-17(20)4)26(23,24)19-8-6-18(7-9-19)25-12-11-22/h5-10,13,15,22H,11-12,14H2,1-4H3. The van der Waals surface area contributed by atoms with Crippen molar-refractivity contribution in [3.05, 3.63) is 53.6 Å². The minimum atomic E-state index is -3.69. The van der Waals surface area contributed by atoms with Gasteiger partial charge in [0.05, 0.1) is 17.2 Å². The average molecular weight is 378 g/mol. The third-order valence-electron chi connectivity index (χ3n) is 3.92. The molecule has 142 valence electrons. The monoisotopic (exact) mass is 377 g/mol. The predicted octanol–water partition coefficient (Wildman–Crippen LogP) is 3.53. The molecule has 0 atom stereocenters. The molecule has 0 aliphatic heterocycles. The van der Waals surface area contributed by atoms with Gasteiger partial charge >= 0.3 is 0 Å². The molecule has 6 heteroatoms. The van der Waals surface area contributed by atoms with Crippen molar-refractivity contribution < 1.29 is 18.3 Å². The number of anilines is 1. The second-order valence-corrected chi connectivity index (χ2v) is 8.63. The van der Waals surface area contributed by atoms with E-state index in [1.807, 2.05) is 45.9 Å². The lowest BCUT2D eigenvalue weighted by Crippen LogP contribution is -2.34. The van der Waals surface area contributed by atoms with E-state index in [0.29, 0.717) is 18.0 Å². The SMILES string of the molecule is Cc1ccc(N(CC(C)C)S(=O)(=O)c2ccc(OCCO)cc2)c(C)c1. The van der Waals surface area contributed by atoms with Crippen LogP contribution in [0.5, 0.6) is 5.75 Å². The Balaban J connectivity index is 2.42. The maximum Gasteiger partial charge on any atom is 0.264 e. The minimum absolute atomic E-state index is 0.0884. The number of aliphatic hydroxyl groups is 1. The molecule has 1 N–H and O–H groups in total. The first kappa shape index (κ1) is 20.3. The summed E-state index contributed by atoms with van der Waals surface area (Å²) in [6.45, 7) is 8.40. The van der Waals surface area contributed by atoms with Crippen LogP contribution in [0, 0.1) is 19.8 Å². The van der Waals surface area contributed by atoms with E-state index in [0.717, 1.165) is 11.1 Å². The van der Waals surface area contributed by atoms with Gasteiger partial charge in [0.1, 0.15) is 12.4 Å². The number of benzene rings is 2. The van der Waals surface area contributed by atoms with Gasteiger partial charge in [0.15, 0.2) is 0 Å². The second-order valence-electron chi connectivity index (χ2n) is 6.76. The van der Waals surface area contributed by atoms with Crippen molar-refractivity contribution in [3.63, 3.8) is 0 Å². The maximum atomic E-state index is 13.3. The Hall–Kier alpha value is -2.05. The van der Waals surface area contributed by atoms with Crippen molar-refractivity contribution in [2.24, 2.45) is 5.92 Å². The number of hydrogen-bond acceptors (Lipinski definition) is 4. The molecule has 5 nitrogen and oxygen atoms in total. The summed E-state index contributed by atoms with van der Waals surface area (Å²) < 4.78 is 33.3. The number of hydrogen-bond donors (Lipinski definition) is 1. The third kappa shape index (κ3) is 4.77. The van der Waals surface area contributed by atoms with Crippen LogP contribution in [0.3, 0.4) is 0 Å². The number of ether oxygens (including phenoxy) is 1. The molecule has 0 aromatic heterocycles. The van der Waals surface area contributed by atoms with Crippen molar-refractivity contribution in [2.75, 3.05) is 24.1 Å². The van der Waals surface area contributed by atoms with Crippen LogP contribution in [-0.2, 0) is 10.0 Å². The lowest BCUT2D eigenvalue weighted by atomic mass is 10.1.